The molecule has 2 heterocycles. The van der Waals surface area contributed by atoms with Crippen molar-refractivity contribution in [2.45, 2.75) is 39.1 Å². The third-order valence-electron chi connectivity index (χ3n) is 6.49. The lowest BCUT2D eigenvalue weighted by molar-refractivity contribution is 0.0362. The Bertz CT molecular complexity index is 1160. The fourth-order valence-corrected chi connectivity index (χ4v) is 5.91. The molecule has 1 saturated heterocycles. The average Bonchev–Trinajstić information content (AvgIpc) is 3.11. The maximum Gasteiger partial charge on any atom is 0.354 e. The van der Waals surface area contributed by atoms with Crippen LogP contribution in [0.1, 0.15) is 44.6 Å². The summed E-state index contributed by atoms with van der Waals surface area (Å²) in [7, 11) is -2.62. The third-order valence-corrected chi connectivity index (χ3v) is 8.35. The molecule has 10 heteroatoms. The van der Waals surface area contributed by atoms with Crippen LogP contribution in [0.5, 0.6) is 0 Å². The van der Waals surface area contributed by atoms with Crippen molar-refractivity contribution >= 4 is 21.8 Å². The summed E-state index contributed by atoms with van der Waals surface area (Å²) in [6.45, 7) is 10.7. The molecule has 1 aromatic heterocycles. The smallest absolute Gasteiger partial charge is 0.354 e. The van der Waals surface area contributed by atoms with Crippen LogP contribution in [0.15, 0.2) is 29.2 Å². The summed E-state index contributed by atoms with van der Waals surface area (Å²) in [5.74, 6) is -0.877. The molecule has 0 spiro atoms. The molecule has 0 aliphatic carbocycles. The summed E-state index contributed by atoms with van der Waals surface area (Å²) in [5.41, 5.74) is 2.75. The highest BCUT2D eigenvalue weighted by atomic mass is 32.2. The summed E-state index contributed by atoms with van der Waals surface area (Å²) in [4.78, 5) is 28.2. The van der Waals surface area contributed by atoms with Crippen molar-refractivity contribution in [3.8, 4) is 0 Å². The number of rotatable bonds is 10. The van der Waals surface area contributed by atoms with E-state index in [0.717, 1.165) is 5.56 Å². The highest BCUT2D eigenvalue weighted by Gasteiger charge is 2.31. The topological polar surface area (TPSA) is 98.2 Å². The molecule has 3 rings (SSSR count). The molecule has 9 nitrogen and oxygen atoms in total. The molecule has 192 valence electrons. The van der Waals surface area contributed by atoms with Gasteiger partial charge in [-0.05, 0) is 45.4 Å². The van der Waals surface area contributed by atoms with Gasteiger partial charge in [0.25, 0.3) is 0 Å². The second kappa shape index (κ2) is 11.5. The number of methoxy groups -OCH3 is 1. The zero-order valence-electron chi connectivity index (χ0n) is 21.2. The molecule has 0 atom stereocenters. The van der Waals surface area contributed by atoms with Crippen molar-refractivity contribution in [1.82, 2.24) is 13.8 Å². The highest BCUT2D eigenvalue weighted by molar-refractivity contribution is 7.89. The molecular formula is C25H35N3O6S. The Morgan fingerprint density at radius 3 is 2.29 bits per heavy atom. The molecule has 0 saturated carbocycles. The lowest BCUT2D eigenvalue weighted by Gasteiger charge is -2.29. The third kappa shape index (κ3) is 5.83. The van der Waals surface area contributed by atoms with Gasteiger partial charge in [0, 0.05) is 44.0 Å². The van der Waals surface area contributed by atoms with Crippen molar-refractivity contribution in [2.75, 3.05) is 53.0 Å². The summed E-state index contributed by atoms with van der Waals surface area (Å²) in [6, 6.07) is 6.62. The largest absolute Gasteiger partial charge is 0.464 e. The van der Waals surface area contributed by atoms with Gasteiger partial charge in [-0.1, -0.05) is 17.7 Å². The number of morpholine rings is 1. The fraction of sp³-hybridized carbons (Fsp3) is 0.520. The van der Waals surface area contributed by atoms with E-state index >= 15 is 0 Å². The van der Waals surface area contributed by atoms with Gasteiger partial charge in [-0.3, -0.25) is 9.69 Å². The van der Waals surface area contributed by atoms with Crippen LogP contribution in [-0.2, 0) is 26.0 Å². The van der Waals surface area contributed by atoms with E-state index in [1.54, 1.807) is 42.7 Å². The maximum absolute atomic E-state index is 13.6. The van der Waals surface area contributed by atoms with Crippen LogP contribution >= 0.6 is 0 Å². The number of esters is 1. The molecule has 0 N–H and O–H groups in total. The lowest BCUT2D eigenvalue weighted by Crippen LogP contribution is -2.44. The molecule has 2 aromatic rings. The average molecular weight is 506 g/mol. The number of carbonyl (C=O) groups is 2. The Balaban J connectivity index is 1.95. The van der Waals surface area contributed by atoms with Gasteiger partial charge in [-0.2, -0.15) is 4.31 Å². The van der Waals surface area contributed by atoms with Crippen molar-refractivity contribution in [3.05, 3.63) is 52.3 Å². The van der Waals surface area contributed by atoms with Crippen LogP contribution in [-0.4, -0.2) is 87.0 Å². The molecule has 0 amide bonds. The summed E-state index contributed by atoms with van der Waals surface area (Å²) >= 11 is 0. The number of ether oxygens (including phenoxy) is 2. The van der Waals surface area contributed by atoms with E-state index in [1.165, 1.54) is 11.4 Å². The standard InChI is InChI=1S/C25H35N3O6S/c1-6-28-20(4)23(19(3)24(28)25(30)33-5)22(29)17-27(12-11-26-13-15-34-16-14-26)35(31,32)21-9-7-18(2)8-10-21/h7-10H,6,11-17H2,1-5H3. The van der Waals surface area contributed by atoms with Gasteiger partial charge in [0.15, 0.2) is 5.78 Å². The summed E-state index contributed by atoms with van der Waals surface area (Å²) < 4.78 is 40.5. The fourth-order valence-electron chi connectivity index (χ4n) is 4.52. The van der Waals surface area contributed by atoms with E-state index < -0.39 is 16.0 Å². The quantitative estimate of drug-likeness (QED) is 0.361. The van der Waals surface area contributed by atoms with Gasteiger partial charge in [-0.15, -0.1) is 0 Å². The van der Waals surface area contributed by atoms with E-state index in [2.05, 4.69) is 4.90 Å². The monoisotopic (exact) mass is 505 g/mol. The van der Waals surface area contributed by atoms with Crippen LogP contribution in [0.3, 0.4) is 0 Å². The molecule has 1 aliphatic rings. The zero-order chi connectivity index (χ0) is 25.8. The van der Waals surface area contributed by atoms with Crippen molar-refractivity contribution in [3.63, 3.8) is 0 Å². The van der Waals surface area contributed by atoms with Gasteiger partial charge in [0.2, 0.25) is 10.0 Å². The number of aryl methyl sites for hydroxylation is 1. The predicted octanol–water partition coefficient (Wildman–Crippen LogP) is 2.43. The van der Waals surface area contributed by atoms with Gasteiger partial charge in [-0.25, -0.2) is 13.2 Å². The molecule has 1 fully saturated rings. The first-order valence-electron chi connectivity index (χ1n) is 11.8. The molecular weight excluding hydrogens is 470 g/mol. The number of ketones is 1. The van der Waals surface area contributed by atoms with E-state index in [9.17, 15) is 18.0 Å². The van der Waals surface area contributed by atoms with Crippen molar-refractivity contribution < 1.29 is 27.5 Å². The van der Waals surface area contributed by atoms with Crippen LogP contribution in [0.4, 0.5) is 0 Å². The first-order chi connectivity index (χ1) is 16.6. The number of Topliss-reactive ketones (excluding diaryl/α,β-unsaturated/α-hetero) is 1. The van der Waals surface area contributed by atoms with Gasteiger partial charge < -0.3 is 14.0 Å². The second-order valence-corrected chi connectivity index (χ2v) is 10.6. The highest BCUT2D eigenvalue weighted by Crippen LogP contribution is 2.25. The number of aromatic nitrogens is 1. The minimum Gasteiger partial charge on any atom is -0.464 e. The summed E-state index contributed by atoms with van der Waals surface area (Å²) in [6.07, 6.45) is 0. The van der Waals surface area contributed by atoms with E-state index in [-0.39, 0.29) is 23.8 Å². The minimum absolute atomic E-state index is 0.146. The maximum atomic E-state index is 13.6. The lowest BCUT2D eigenvalue weighted by atomic mass is 10.1. The number of carbonyl (C=O) groups excluding carboxylic acids is 2. The van der Waals surface area contributed by atoms with E-state index in [0.29, 0.717) is 61.9 Å². The van der Waals surface area contributed by atoms with Crippen LogP contribution < -0.4 is 0 Å². The number of nitrogens with zero attached hydrogens (tertiary/aromatic N) is 3. The number of benzene rings is 1. The number of hydrogen-bond acceptors (Lipinski definition) is 7. The molecule has 0 unspecified atom stereocenters. The molecule has 1 aliphatic heterocycles. The summed E-state index contributed by atoms with van der Waals surface area (Å²) in [5, 5.41) is 0. The zero-order valence-corrected chi connectivity index (χ0v) is 22.0. The van der Waals surface area contributed by atoms with E-state index in [4.69, 9.17) is 9.47 Å². The van der Waals surface area contributed by atoms with E-state index in [1.807, 2.05) is 13.8 Å². The Hall–Kier alpha value is -2.53. The second-order valence-electron chi connectivity index (χ2n) is 8.70. The first kappa shape index (κ1) is 27.1. The predicted molar refractivity (Wildman–Crippen MR) is 132 cm³/mol. The Kier molecular flexibility index (Phi) is 8.87. The van der Waals surface area contributed by atoms with Crippen LogP contribution in [0.2, 0.25) is 0 Å². The first-order valence-corrected chi connectivity index (χ1v) is 13.2. The Morgan fingerprint density at radius 1 is 1.09 bits per heavy atom. The Morgan fingerprint density at radius 2 is 1.71 bits per heavy atom. The normalized spacial score (nSPS) is 14.9. The Labute approximate surface area is 207 Å². The van der Waals surface area contributed by atoms with Crippen molar-refractivity contribution in [1.29, 1.82) is 0 Å². The molecule has 35 heavy (non-hydrogen) atoms. The van der Waals surface area contributed by atoms with Gasteiger partial charge in [0.1, 0.15) is 5.69 Å². The molecule has 0 bridgehead atoms. The minimum atomic E-state index is -3.92. The SMILES string of the molecule is CCn1c(C)c(C(=O)CN(CCN2CCOCC2)S(=O)(=O)c2ccc(C)cc2)c(C)c1C(=O)OC. The van der Waals surface area contributed by atoms with Crippen molar-refractivity contribution in [2.24, 2.45) is 0 Å². The van der Waals surface area contributed by atoms with Crippen LogP contribution in [0, 0.1) is 20.8 Å². The van der Waals surface area contributed by atoms with Gasteiger partial charge in [0.05, 0.1) is 31.8 Å². The number of sulfonamides is 1. The van der Waals surface area contributed by atoms with Gasteiger partial charge >= 0.3 is 5.97 Å². The number of hydrogen-bond donors (Lipinski definition) is 0. The molecule has 0 radical (unpaired) electrons. The van der Waals surface area contributed by atoms with Crippen LogP contribution in [0.25, 0.3) is 0 Å². The molecule has 1 aromatic carbocycles.